The predicted molar refractivity (Wildman–Crippen MR) is 90.6 cm³/mol. The molecular weight excluding hydrogens is 256 g/mol. The third-order valence-corrected chi connectivity index (χ3v) is 6.67. The molecule has 0 bridgehead atoms. The van der Waals surface area contributed by atoms with Gasteiger partial charge in [-0.15, -0.1) is 0 Å². The number of piperazine rings is 1. The molecule has 0 aromatic heterocycles. The predicted octanol–water partition coefficient (Wildman–Crippen LogP) is 4.20. The Bertz CT molecular complexity index is 311. The van der Waals surface area contributed by atoms with Crippen molar-refractivity contribution in [2.24, 2.45) is 11.8 Å². The quantitative estimate of drug-likeness (QED) is 0.839. The molecule has 4 unspecified atom stereocenters. The maximum absolute atomic E-state index is 3.89. The summed E-state index contributed by atoms with van der Waals surface area (Å²) in [4.78, 5) is 2.90. The molecule has 2 heteroatoms. The minimum absolute atomic E-state index is 0.741. The van der Waals surface area contributed by atoms with Crippen molar-refractivity contribution in [2.75, 3.05) is 13.1 Å². The third kappa shape index (κ3) is 3.82. The Morgan fingerprint density at radius 1 is 1.00 bits per heavy atom. The van der Waals surface area contributed by atoms with Gasteiger partial charge in [-0.2, -0.15) is 0 Å². The number of rotatable bonds is 3. The molecule has 0 amide bonds. The minimum atomic E-state index is 0.741. The summed E-state index contributed by atoms with van der Waals surface area (Å²) in [5.74, 6) is 1.96. The highest BCUT2D eigenvalue weighted by Crippen LogP contribution is 2.33. The van der Waals surface area contributed by atoms with Crippen molar-refractivity contribution in [2.45, 2.75) is 96.2 Å². The third-order valence-electron chi connectivity index (χ3n) is 6.67. The molecular formula is C19H36N2. The van der Waals surface area contributed by atoms with E-state index in [1.807, 2.05) is 0 Å². The SMILES string of the molecule is CCC1CCCC(N2CC(C3CCCCC3)NCC2C)C1. The number of nitrogens with zero attached hydrogens (tertiary/aromatic N) is 1. The lowest BCUT2D eigenvalue weighted by Crippen LogP contribution is -2.61. The largest absolute Gasteiger partial charge is 0.311 e. The molecule has 122 valence electrons. The maximum atomic E-state index is 3.89. The van der Waals surface area contributed by atoms with E-state index in [1.165, 1.54) is 77.3 Å². The van der Waals surface area contributed by atoms with E-state index in [0.717, 1.165) is 30.0 Å². The molecule has 1 N–H and O–H groups in total. The summed E-state index contributed by atoms with van der Waals surface area (Å²) in [5, 5.41) is 3.89. The summed E-state index contributed by atoms with van der Waals surface area (Å²) in [7, 11) is 0. The van der Waals surface area contributed by atoms with E-state index in [0.29, 0.717) is 0 Å². The van der Waals surface area contributed by atoms with E-state index in [2.05, 4.69) is 24.1 Å². The van der Waals surface area contributed by atoms with Crippen molar-refractivity contribution < 1.29 is 0 Å². The van der Waals surface area contributed by atoms with Crippen molar-refractivity contribution in [3.63, 3.8) is 0 Å². The van der Waals surface area contributed by atoms with Crippen molar-refractivity contribution in [1.82, 2.24) is 10.2 Å². The molecule has 1 saturated heterocycles. The number of hydrogen-bond donors (Lipinski definition) is 1. The smallest absolute Gasteiger partial charge is 0.0224 e. The van der Waals surface area contributed by atoms with Gasteiger partial charge in [-0.1, -0.05) is 45.4 Å². The molecule has 2 nitrogen and oxygen atoms in total. The normalized spacial score (nSPS) is 40.3. The van der Waals surface area contributed by atoms with Gasteiger partial charge in [0.15, 0.2) is 0 Å². The first-order valence-corrected chi connectivity index (χ1v) is 9.77. The van der Waals surface area contributed by atoms with Crippen LogP contribution in [0.15, 0.2) is 0 Å². The van der Waals surface area contributed by atoms with Gasteiger partial charge in [0, 0.05) is 31.2 Å². The maximum Gasteiger partial charge on any atom is 0.0224 e. The zero-order chi connectivity index (χ0) is 14.7. The zero-order valence-corrected chi connectivity index (χ0v) is 14.3. The second kappa shape index (κ2) is 7.46. The highest BCUT2D eigenvalue weighted by molar-refractivity contribution is 4.93. The highest BCUT2D eigenvalue weighted by Gasteiger charge is 2.35. The molecule has 0 spiro atoms. The van der Waals surface area contributed by atoms with Crippen molar-refractivity contribution in [3.05, 3.63) is 0 Å². The van der Waals surface area contributed by atoms with Crippen LogP contribution >= 0.6 is 0 Å². The van der Waals surface area contributed by atoms with Gasteiger partial charge < -0.3 is 5.32 Å². The molecule has 1 heterocycles. The molecule has 4 atom stereocenters. The van der Waals surface area contributed by atoms with Crippen LogP contribution in [0, 0.1) is 11.8 Å². The van der Waals surface area contributed by atoms with Gasteiger partial charge in [0.2, 0.25) is 0 Å². The lowest BCUT2D eigenvalue weighted by Gasteiger charge is -2.48. The molecule has 2 aliphatic carbocycles. The standard InChI is InChI=1S/C19H36N2/c1-3-16-8-7-11-18(12-16)21-14-19(20-13-15(21)2)17-9-5-4-6-10-17/h15-20H,3-14H2,1-2H3. The van der Waals surface area contributed by atoms with Gasteiger partial charge in [-0.25, -0.2) is 0 Å². The first-order valence-electron chi connectivity index (χ1n) is 9.77. The van der Waals surface area contributed by atoms with Gasteiger partial charge in [0.1, 0.15) is 0 Å². The molecule has 3 aliphatic rings. The van der Waals surface area contributed by atoms with Crippen LogP contribution < -0.4 is 5.32 Å². The summed E-state index contributed by atoms with van der Waals surface area (Å²) < 4.78 is 0. The molecule has 0 radical (unpaired) electrons. The number of nitrogens with one attached hydrogen (secondary N) is 1. The van der Waals surface area contributed by atoms with Crippen molar-refractivity contribution >= 4 is 0 Å². The topological polar surface area (TPSA) is 15.3 Å². The average molecular weight is 293 g/mol. The van der Waals surface area contributed by atoms with Gasteiger partial charge in [0.05, 0.1) is 0 Å². The van der Waals surface area contributed by atoms with E-state index in [1.54, 1.807) is 0 Å². The van der Waals surface area contributed by atoms with E-state index in [4.69, 9.17) is 0 Å². The summed E-state index contributed by atoms with van der Waals surface area (Å²) >= 11 is 0. The van der Waals surface area contributed by atoms with E-state index >= 15 is 0 Å². The Labute approximate surface area is 132 Å². The Kier molecular flexibility index (Phi) is 5.61. The highest BCUT2D eigenvalue weighted by atomic mass is 15.3. The van der Waals surface area contributed by atoms with Gasteiger partial charge in [-0.05, 0) is 44.4 Å². The second-order valence-corrected chi connectivity index (χ2v) is 8.05. The van der Waals surface area contributed by atoms with Crippen LogP contribution in [-0.2, 0) is 0 Å². The van der Waals surface area contributed by atoms with Crippen LogP contribution in [0.3, 0.4) is 0 Å². The summed E-state index contributed by atoms with van der Waals surface area (Å²) in [5.41, 5.74) is 0. The Morgan fingerprint density at radius 2 is 1.81 bits per heavy atom. The van der Waals surface area contributed by atoms with Crippen LogP contribution in [-0.4, -0.2) is 36.1 Å². The van der Waals surface area contributed by atoms with Crippen LogP contribution in [0.1, 0.15) is 78.1 Å². The number of hydrogen-bond acceptors (Lipinski definition) is 2. The monoisotopic (exact) mass is 292 g/mol. The Hall–Kier alpha value is -0.0800. The minimum Gasteiger partial charge on any atom is -0.311 e. The molecule has 1 aliphatic heterocycles. The van der Waals surface area contributed by atoms with Gasteiger partial charge in [0.25, 0.3) is 0 Å². The lowest BCUT2D eigenvalue weighted by molar-refractivity contribution is 0.0387. The first-order chi connectivity index (χ1) is 10.3. The summed E-state index contributed by atoms with van der Waals surface area (Å²) in [6.07, 6.45) is 14.6. The first kappa shape index (κ1) is 15.8. The summed E-state index contributed by atoms with van der Waals surface area (Å²) in [6.45, 7) is 7.38. The zero-order valence-electron chi connectivity index (χ0n) is 14.3. The molecule has 3 fully saturated rings. The summed E-state index contributed by atoms with van der Waals surface area (Å²) in [6, 6.07) is 2.40. The Morgan fingerprint density at radius 3 is 2.57 bits per heavy atom. The van der Waals surface area contributed by atoms with E-state index < -0.39 is 0 Å². The van der Waals surface area contributed by atoms with Crippen molar-refractivity contribution in [1.29, 1.82) is 0 Å². The molecule has 0 aromatic carbocycles. The molecule has 21 heavy (non-hydrogen) atoms. The lowest BCUT2D eigenvalue weighted by atomic mass is 9.80. The van der Waals surface area contributed by atoms with E-state index in [9.17, 15) is 0 Å². The van der Waals surface area contributed by atoms with Gasteiger partial charge in [-0.3, -0.25) is 4.90 Å². The average Bonchev–Trinajstić information content (AvgIpc) is 2.56. The molecule has 0 aromatic rings. The van der Waals surface area contributed by atoms with Crippen LogP contribution in [0.4, 0.5) is 0 Å². The Balaban J connectivity index is 1.60. The van der Waals surface area contributed by atoms with E-state index in [-0.39, 0.29) is 0 Å². The van der Waals surface area contributed by atoms with Gasteiger partial charge >= 0.3 is 0 Å². The van der Waals surface area contributed by atoms with Crippen LogP contribution in [0.25, 0.3) is 0 Å². The van der Waals surface area contributed by atoms with Crippen LogP contribution in [0.5, 0.6) is 0 Å². The molecule has 3 rings (SSSR count). The fourth-order valence-corrected chi connectivity index (χ4v) is 5.21. The molecule has 2 saturated carbocycles. The fraction of sp³-hybridized carbons (Fsp3) is 1.00. The fourth-order valence-electron chi connectivity index (χ4n) is 5.21. The van der Waals surface area contributed by atoms with Crippen LogP contribution in [0.2, 0.25) is 0 Å². The second-order valence-electron chi connectivity index (χ2n) is 8.05. The van der Waals surface area contributed by atoms with Crippen molar-refractivity contribution in [3.8, 4) is 0 Å².